The molecule has 140 valence electrons. The maximum absolute atomic E-state index is 12.6. The van der Waals surface area contributed by atoms with Crippen molar-refractivity contribution in [2.75, 3.05) is 27.2 Å². The van der Waals surface area contributed by atoms with E-state index in [0.29, 0.717) is 5.75 Å². The third-order valence-electron chi connectivity index (χ3n) is 4.42. The predicted molar refractivity (Wildman–Crippen MR) is 99.2 cm³/mol. The van der Waals surface area contributed by atoms with Crippen molar-refractivity contribution in [2.45, 2.75) is 6.04 Å². The lowest BCUT2D eigenvalue weighted by Gasteiger charge is -2.22. The molecule has 2 aromatic carbocycles. The van der Waals surface area contributed by atoms with Crippen molar-refractivity contribution in [1.82, 2.24) is 15.1 Å². The molecule has 1 aliphatic rings. The highest BCUT2D eigenvalue weighted by atomic mass is 16.5. The van der Waals surface area contributed by atoms with Gasteiger partial charge < -0.3 is 15.0 Å². The van der Waals surface area contributed by atoms with Gasteiger partial charge in [0.2, 0.25) is 5.91 Å². The summed E-state index contributed by atoms with van der Waals surface area (Å²) in [6.07, 6.45) is 0. The summed E-state index contributed by atoms with van der Waals surface area (Å²) in [5.41, 5.74) is 1.76. The molecule has 1 aliphatic heterocycles. The number of methoxy groups -OCH3 is 1. The normalized spacial score (nSPS) is 15.0. The highest BCUT2D eigenvalue weighted by Crippen LogP contribution is 2.24. The fraction of sp³-hybridized carbons (Fsp3) is 0.250. The molecular weight excluding hydrogens is 346 g/mol. The van der Waals surface area contributed by atoms with Crippen molar-refractivity contribution in [3.63, 3.8) is 0 Å². The van der Waals surface area contributed by atoms with E-state index in [9.17, 15) is 14.4 Å². The van der Waals surface area contributed by atoms with E-state index in [-0.39, 0.29) is 19.0 Å². The van der Waals surface area contributed by atoms with Crippen LogP contribution < -0.4 is 10.1 Å². The number of carbonyl (C=O) groups is 3. The number of urea groups is 1. The number of imide groups is 1. The highest BCUT2D eigenvalue weighted by Gasteiger charge is 2.35. The fourth-order valence-electron chi connectivity index (χ4n) is 2.98. The van der Waals surface area contributed by atoms with Gasteiger partial charge in [0.25, 0.3) is 5.91 Å². The molecular formula is C20H21N3O4. The van der Waals surface area contributed by atoms with Crippen LogP contribution in [0, 0.1) is 0 Å². The summed E-state index contributed by atoms with van der Waals surface area (Å²) >= 11 is 0. The average Bonchev–Trinajstić information content (AvgIpc) is 2.93. The van der Waals surface area contributed by atoms with Crippen LogP contribution in [0.4, 0.5) is 4.79 Å². The Bertz CT molecular complexity index is 836. The Balaban J connectivity index is 1.80. The van der Waals surface area contributed by atoms with Crippen LogP contribution in [0.3, 0.4) is 0 Å². The topological polar surface area (TPSA) is 79.0 Å². The fourth-order valence-corrected chi connectivity index (χ4v) is 2.98. The lowest BCUT2D eigenvalue weighted by Crippen LogP contribution is -2.42. The van der Waals surface area contributed by atoms with Gasteiger partial charge in [0.05, 0.1) is 13.2 Å². The summed E-state index contributed by atoms with van der Waals surface area (Å²) in [7, 11) is 3.12. The molecule has 1 N–H and O–H groups in total. The number of amides is 4. The number of nitrogens with one attached hydrogen (secondary N) is 1. The van der Waals surface area contributed by atoms with Crippen LogP contribution in [0.2, 0.25) is 0 Å². The number of ether oxygens (including phenoxy) is 1. The molecule has 1 fully saturated rings. The van der Waals surface area contributed by atoms with E-state index < -0.39 is 18.0 Å². The molecule has 0 radical (unpaired) electrons. The summed E-state index contributed by atoms with van der Waals surface area (Å²) in [4.78, 5) is 38.7. The molecule has 7 nitrogen and oxygen atoms in total. The molecule has 0 aromatic heterocycles. The van der Waals surface area contributed by atoms with E-state index >= 15 is 0 Å². The number of benzene rings is 2. The van der Waals surface area contributed by atoms with Crippen molar-refractivity contribution < 1.29 is 19.1 Å². The molecule has 1 saturated heterocycles. The van der Waals surface area contributed by atoms with Crippen LogP contribution >= 0.6 is 0 Å². The Morgan fingerprint density at radius 1 is 1.07 bits per heavy atom. The maximum atomic E-state index is 12.6. The number of hydrogen-bond donors (Lipinski definition) is 1. The average molecular weight is 367 g/mol. The molecule has 4 amide bonds. The van der Waals surface area contributed by atoms with E-state index in [1.54, 1.807) is 7.11 Å². The summed E-state index contributed by atoms with van der Waals surface area (Å²) < 4.78 is 5.18. The van der Waals surface area contributed by atoms with Gasteiger partial charge in [-0.15, -0.1) is 0 Å². The Labute approximate surface area is 157 Å². The summed E-state index contributed by atoms with van der Waals surface area (Å²) in [5.74, 6) is -0.0665. The maximum Gasteiger partial charge on any atom is 0.327 e. The third-order valence-corrected chi connectivity index (χ3v) is 4.42. The van der Waals surface area contributed by atoms with Gasteiger partial charge in [0.15, 0.2) is 0 Å². The van der Waals surface area contributed by atoms with Gasteiger partial charge in [-0.05, 0) is 23.3 Å². The van der Waals surface area contributed by atoms with E-state index in [1.165, 1.54) is 11.9 Å². The van der Waals surface area contributed by atoms with Gasteiger partial charge >= 0.3 is 6.03 Å². The smallest absolute Gasteiger partial charge is 0.327 e. The van der Waals surface area contributed by atoms with E-state index in [1.807, 2.05) is 54.6 Å². The molecule has 3 rings (SSSR count). The van der Waals surface area contributed by atoms with Gasteiger partial charge in [-0.1, -0.05) is 42.5 Å². The number of likely N-dealkylation sites (N-methyl/N-ethyl adjacent to an activating group) is 1. The minimum Gasteiger partial charge on any atom is -0.497 e. The molecule has 0 saturated carbocycles. The Morgan fingerprint density at radius 3 is 2.26 bits per heavy atom. The number of rotatable bonds is 6. The quantitative estimate of drug-likeness (QED) is 0.790. The first-order valence-corrected chi connectivity index (χ1v) is 8.53. The van der Waals surface area contributed by atoms with Crippen LogP contribution in [0.15, 0.2) is 54.6 Å². The third kappa shape index (κ3) is 4.08. The van der Waals surface area contributed by atoms with Crippen LogP contribution in [-0.4, -0.2) is 54.9 Å². The molecule has 1 heterocycles. The summed E-state index contributed by atoms with van der Waals surface area (Å²) in [5, 5.41) is 2.93. The van der Waals surface area contributed by atoms with Crippen LogP contribution in [-0.2, 0) is 9.59 Å². The monoisotopic (exact) mass is 367 g/mol. The van der Waals surface area contributed by atoms with Gasteiger partial charge in [-0.2, -0.15) is 0 Å². The molecule has 2 aromatic rings. The molecule has 0 unspecified atom stereocenters. The molecule has 0 spiro atoms. The lowest BCUT2D eigenvalue weighted by molar-refractivity contribution is -0.130. The van der Waals surface area contributed by atoms with E-state index in [2.05, 4.69) is 5.32 Å². The Hall–Kier alpha value is -3.35. The standard InChI is InChI=1S/C20H21N3O4/c1-22-13-18(25)23(20(22)26)12-17(24)21-19(14-6-4-3-5-7-14)15-8-10-16(27-2)11-9-15/h3-11,19H,12-13H2,1-2H3,(H,21,24)/t19-/m0/s1. The van der Waals surface area contributed by atoms with Crippen LogP contribution in [0.25, 0.3) is 0 Å². The molecule has 27 heavy (non-hydrogen) atoms. The van der Waals surface area contributed by atoms with Gasteiger partial charge in [-0.25, -0.2) is 4.79 Å². The van der Waals surface area contributed by atoms with Gasteiger partial charge in [0, 0.05) is 7.05 Å². The van der Waals surface area contributed by atoms with Crippen molar-refractivity contribution >= 4 is 17.8 Å². The molecule has 0 bridgehead atoms. The molecule has 0 aliphatic carbocycles. The summed E-state index contributed by atoms with van der Waals surface area (Å²) in [6, 6.07) is 16.0. The molecule has 1 atom stereocenters. The first kappa shape index (κ1) is 18.4. The van der Waals surface area contributed by atoms with Gasteiger partial charge in [-0.3, -0.25) is 14.5 Å². The van der Waals surface area contributed by atoms with E-state index in [0.717, 1.165) is 16.0 Å². The largest absolute Gasteiger partial charge is 0.497 e. The second-order valence-electron chi connectivity index (χ2n) is 6.30. The molecule has 7 heteroatoms. The zero-order valence-electron chi connectivity index (χ0n) is 15.2. The van der Waals surface area contributed by atoms with Crippen molar-refractivity contribution in [1.29, 1.82) is 0 Å². The number of hydrogen-bond acceptors (Lipinski definition) is 4. The van der Waals surface area contributed by atoms with Crippen molar-refractivity contribution in [2.24, 2.45) is 0 Å². The van der Waals surface area contributed by atoms with E-state index in [4.69, 9.17) is 4.74 Å². The SMILES string of the molecule is COc1ccc([C@@H](NC(=O)CN2C(=O)CN(C)C2=O)c2ccccc2)cc1. The first-order chi connectivity index (χ1) is 13.0. The van der Waals surface area contributed by atoms with Crippen LogP contribution in [0.5, 0.6) is 5.75 Å². The summed E-state index contributed by atoms with van der Waals surface area (Å²) in [6.45, 7) is -0.311. The highest BCUT2D eigenvalue weighted by molar-refractivity contribution is 6.04. The Kier molecular flexibility index (Phi) is 5.40. The minimum absolute atomic E-state index is 0.00724. The predicted octanol–water partition coefficient (Wildman–Crippen LogP) is 1.79. The zero-order chi connectivity index (χ0) is 19.4. The second-order valence-corrected chi connectivity index (χ2v) is 6.30. The number of carbonyl (C=O) groups excluding carboxylic acids is 3. The lowest BCUT2D eigenvalue weighted by atomic mass is 9.98. The first-order valence-electron chi connectivity index (χ1n) is 8.53. The van der Waals surface area contributed by atoms with Crippen molar-refractivity contribution in [3.05, 3.63) is 65.7 Å². The van der Waals surface area contributed by atoms with Gasteiger partial charge in [0.1, 0.15) is 18.8 Å². The Morgan fingerprint density at radius 2 is 1.70 bits per heavy atom. The zero-order valence-corrected chi connectivity index (χ0v) is 15.2. The van der Waals surface area contributed by atoms with Crippen LogP contribution in [0.1, 0.15) is 17.2 Å². The van der Waals surface area contributed by atoms with Crippen molar-refractivity contribution in [3.8, 4) is 5.75 Å². The minimum atomic E-state index is -0.462. The second kappa shape index (κ2) is 7.90. The number of nitrogens with zero attached hydrogens (tertiary/aromatic N) is 2.